The van der Waals surface area contributed by atoms with Crippen molar-refractivity contribution in [2.75, 3.05) is 6.54 Å². The van der Waals surface area contributed by atoms with Gasteiger partial charge in [0.05, 0.1) is 18.5 Å². The highest BCUT2D eigenvalue weighted by Crippen LogP contribution is 2.09. The van der Waals surface area contributed by atoms with Crippen molar-refractivity contribution in [2.24, 2.45) is 28.1 Å². The highest BCUT2D eigenvalue weighted by atomic mass is 16.4. The number of aliphatic hydroxyl groups excluding tert-OH is 1. The first-order valence-corrected chi connectivity index (χ1v) is 15.1. The number of carbonyl (C=O) groups is 5. The number of nitrogens with one attached hydrogen (secondary N) is 5. The third kappa shape index (κ3) is 13.1. The molecule has 13 N–H and O–H groups in total. The number of aromatic nitrogens is 2. The van der Waals surface area contributed by atoms with Gasteiger partial charge in [0, 0.05) is 24.9 Å². The Kier molecular flexibility index (Phi) is 15.3. The molecule has 1 aromatic heterocycles. The van der Waals surface area contributed by atoms with Crippen molar-refractivity contribution in [3.8, 4) is 0 Å². The topological polar surface area (TPSA) is 293 Å². The average molecular weight is 659 g/mol. The lowest BCUT2D eigenvalue weighted by Crippen LogP contribution is -2.61. The van der Waals surface area contributed by atoms with Crippen molar-refractivity contribution >= 4 is 35.6 Å². The number of carbonyl (C=O) groups excluding carboxylic acids is 4. The van der Waals surface area contributed by atoms with Gasteiger partial charge >= 0.3 is 5.97 Å². The van der Waals surface area contributed by atoms with Crippen LogP contribution in [-0.2, 0) is 36.8 Å². The molecule has 4 amide bonds. The molecule has 0 aliphatic heterocycles. The minimum absolute atomic E-state index is 0.00631. The number of nitrogens with two attached hydrogens (primary N) is 3. The summed E-state index contributed by atoms with van der Waals surface area (Å²) in [5, 5.41) is 30.0. The van der Waals surface area contributed by atoms with E-state index in [-0.39, 0.29) is 38.2 Å². The molecule has 1 heterocycles. The third-order valence-electron chi connectivity index (χ3n) is 7.12. The van der Waals surface area contributed by atoms with E-state index < -0.39 is 71.8 Å². The molecule has 0 unspecified atom stereocenters. The maximum Gasteiger partial charge on any atom is 0.326 e. The lowest BCUT2D eigenvalue weighted by Gasteiger charge is -2.28. The van der Waals surface area contributed by atoms with Crippen LogP contribution in [0.3, 0.4) is 0 Å². The van der Waals surface area contributed by atoms with Gasteiger partial charge in [-0.15, -0.1) is 0 Å². The number of carboxylic acid groups (broad SMARTS) is 1. The van der Waals surface area contributed by atoms with E-state index >= 15 is 0 Å². The molecule has 17 heteroatoms. The number of aliphatic imine (C=N–C) groups is 1. The summed E-state index contributed by atoms with van der Waals surface area (Å²) in [5.74, 6) is -5.00. The van der Waals surface area contributed by atoms with E-state index in [4.69, 9.17) is 17.2 Å². The number of hydrogen-bond acceptors (Lipinski definition) is 9. The number of H-pyrrole nitrogens is 1. The first-order chi connectivity index (χ1) is 22.2. The standard InChI is InChI=1S/C30H46N10O7/c1-16(2)23(39-25(42)20(31)12-18-8-5-4-6-9-18)27(44)37-21(10-7-11-35-30(32)33)26(43)40-24(17(3)41)28(45)38-22(29(46)47)13-19-14-34-15-36-19/h4-6,8-9,14-17,20-24,41H,7,10-13,31H2,1-3H3,(H,34,36)(H,37,44)(H,38,45)(H,39,42)(H,40,43)(H,46,47)(H4,32,33,35)/t17-,20+,21+,22+,23+,24+/m1/s1. The quantitative estimate of drug-likeness (QED) is 0.0432. The molecule has 0 fully saturated rings. The number of imidazole rings is 1. The van der Waals surface area contributed by atoms with Crippen LogP contribution in [0.15, 0.2) is 47.8 Å². The third-order valence-corrected chi connectivity index (χ3v) is 7.12. The number of nitrogens with zero attached hydrogens (tertiary/aromatic N) is 2. The summed E-state index contributed by atoms with van der Waals surface area (Å²) in [6, 6.07) is 2.86. The van der Waals surface area contributed by atoms with Crippen molar-refractivity contribution < 1.29 is 34.2 Å². The molecule has 2 aromatic rings. The van der Waals surface area contributed by atoms with Crippen molar-refractivity contribution in [1.82, 2.24) is 31.2 Å². The normalized spacial score (nSPS) is 14.9. The molecule has 258 valence electrons. The minimum Gasteiger partial charge on any atom is -0.480 e. The van der Waals surface area contributed by atoms with Gasteiger partial charge in [-0.3, -0.25) is 24.2 Å². The van der Waals surface area contributed by atoms with Crippen molar-refractivity contribution in [2.45, 2.75) is 82.8 Å². The fourth-order valence-corrected chi connectivity index (χ4v) is 4.53. The first-order valence-electron chi connectivity index (χ1n) is 15.1. The highest BCUT2D eigenvalue weighted by molar-refractivity contribution is 5.95. The number of aromatic amines is 1. The summed E-state index contributed by atoms with van der Waals surface area (Å²) in [7, 11) is 0. The smallest absolute Gasteiger partial charge is 0.326 e. The van der Waals surface area contributed by atoms with Crippen molar-refractivity contribution in [1.29, 1.82) is 0 Å². The molecule has 6 atom stereocenters. The van der Waals surface area contributed by atoms with Gasteiger partial charge in [-0.25, -0.2) is 9.78 Å². The van der Waals surface area contributed by atoms with E-state index in [1.54, 1.807) is 13.8 Å². The summed E-state index contributed by atoms with van der Waals surface area (Å²) in [5.41, 5.74) is 18.2. The Labute approximate surface area is 272 Å². The summed E-state index contributed by atoms with van der Waals surface area (Å²) >= 11 is 0. The van der Waals surface area contributed by atoms with E-state index in [1.165, 1.54) is 19.4 Å². The molecule has 0 bridgehead atoms. The van der Waals surface area contributed by atoms with E-state index in [1.807, 2.05) is 30.3 Å². The van der Waals surface area contributed by atoms with E-state index in [0.29, 0.717) is 5.69 Å². The fourth-order valence-electron chi connectivity index (χ4n) is 4.53. The largest absolute Gasteiger partial charge is 0.480 e. The number of aliphatic carboxylic acids is 1. The van der Waals surface area contributed by atoms with Gasteiger partial charge in [0.15, 0.2) is 5.96 Å². The molecule has 0 spiro atoms. The van der Waals surface area contributed by atoms with Crippen molar-refractivity contribution in [3.05, 3.63) is 54.1 Å². The van der Waals surface area contributed by atoms with Gasteiger partial charge in [0.1, 0.15) is 24.2 Å². The number of rotatable bonds is 19. The lowest BCUT2D eigenvalue weighted by atomic mass is 10.00. The van der Waals surface area contributed by atoms with Crippen molar-refractivity contribution in [3.63, 3.8) is 0 Å². The Bertz CT molecular complexity index is 1350. The van der Waals surface area contributed by atoms with Crippen LogP contribution >= 0.6 is 0 Å². The second kappa shape index (κ2) is 18.8. The Hall–Kier alpha value is -5.03. The number of hydrogen-bond donors (Lipinski definition) is 10. The van der Waals surface area contributed by atoms with Gasteiger partial charge in [-0.05, 0) is 37.7 Å². The summed E-state index contributed by atoms with van der Waals surface area (Å²) in [6.45, 7) is 4.77. The number of amides is 4. The first kappa shape index (κ1) is 38.2. The van der Waals surface area contributed by atoms with Crippen LogP contribution < -0.4 is 38.5 Å². The number of guanidine groups is 1. The van der Waals surface area contributed by atoms with E-state index in [0.717, 1.165) is 5.56 Å². The monoisotopic (exact) mass is 658 g/mol. The van der Waals surface area contributed by atoms with Gasteiger partial charge < -0.3 is 53.7 Å². The van der Waals surface area contributed by atoms with E-state index in [9.17, 15) is 34.2 Å². The summed E-state index contributed by atoms with van der Waals surface area (Å²) in [4.78, 5) is 75.2. The second-order valence-corrected chi connectivity index (χ2v) is 11.4. The Morgan fingerprint density at radius 2 is 1.49 bits per heavy atom. The van der Waals surface area contributed by atoms with Crippen LogP contribution in [-0.4, -0.2) is 98.6 Å². The zero-order chi connectivity index (χ0) is 35.1. The molecule has 0 saturated heterocycles. The molecule has 0 radical (unpaired) electrons. The summed E-state index contributed by atoms with van der Waals surface area (Å²) < 4.78 is 0. The Morgan fingerprint density at radius 3 is 2.04 bits per heavy atom. The zero-order valence-electron chi connectivity index (χ0n) is 26.7. The molecule has 0 aliphatic carbocycles. The lowest BCUT2D eigenvalue weighted by molar-refractivity contribution is -0.143. The molecule has 0 saturated carbocycles. The van der Waals surface area contributed by atoms with Crippen LogP contribution in [0.5, 0.6) is 0 Å². The summed E-state index contributed by atoms with van der Waals surface area (Å²) in [6.07, 6.45) is 1.64. The second-order valence-electron chi connectivity index (χ2n) is 11.4. The SMILES string of the molecule is CC(C)[C@H](NC(=O)[C@@H](N)Cc1ccccc1)C(=O)N[C@@H](CCCN=C(N)N)C(=O)N[C@H](C(=O)N[C@@H](Cc1cnc[nH]1)C(=O)O)[C@@H](C)O. The molecule has 0 aliphatic rings. The van der Waals surface area contributed by atoms with Crippen LogP contribution in [0.2, 0.25) is 0 Å². The average Bonchev–Trinajstić information content (AvgIpc) is 3.52. The predicted octanol–water partition coefficient (Wildman–Crippen LogP) is -2.36. The molecule has 17 nitrogen and oxygen atoms in total. The van der Waals surface area contributed by atoms with Gasteiger partial charge in [0.2, 0.25) is 23.6 Å². The molecular formula is C30H46N10O7. The minimum atomic E-state index is -1.58. The molecule has 1 aromatic carbocycles. The number of benzene rings is 1. The van der Waals surface area contributed by atoms with E-state index in [2.05, 4.69) is 36.2 Å². The highest BCUT2D eigenvalue weighted by Gasteiger charge is 2.34. The predicted molar refractivity (Wildman–Crippen MR) is 172 cm³/mol. The zero-order valence-corrected chi connectivity index (χ0v) is 26.7. The van der Waals surface area contributed by atoms with Crippen LogP contribution in [0.1, 0.15) is 44.9 Å². The maximum atomic E-state index is 13.5. The molecule has 47 heavy (non-hydrogen) atoms. The van der Waals surface area contributed by atoms with Gasteiger partial charge in [0.25, 0.3) is 0 Å². The van der Waals surface area contributed by atoms with Crippen LogP contribution in [0, 0.1) is 5.92 Å². The maximum absolute atomic E-state index is 13.5. The number of aliphatic hydroxyl groups is 1. The number of carboxylic acids is 1. The Balaban J connectivity index is 2.19. The fraction of sp³-hybridized carbons (Fsp3) is 0.500. The molecule has 2 rings (SSSR count). The van der Waals surface area contributed by atoms with Crippen LogP contribution in [0.4, 0.5) is 0 Å². The molecular weight excluding hydrogens is 612 g/mol. The Morgan fingerprint density at radius 1 is 0.872 bits per heavy atom. The van der Waals surface area contributed by atoms with Gasteiger partial charge in [-0.1, -0.05) is 44.2 Å². The van der Waals surface area contributed by atoms with Crippen LogP contribution in [0.25, 0.3) is 0 Å². The van der Waals surface area contributed by atoms with Gasteiger partial charge in [-0.2, -0.15) is 0 Å².